The van der Waals surface area contributed by atoms with Crippen molar-refractivity contribution in [3.05, 3.63) is 29.8 Å². The van der Waals surface area contributed by atoms with Gasteiger partial charge in [-0.1, -0.05) is 12.1 Å². The minimum atomic E-state index is -2.98. The third-order valence-electron chi connectivity index (χ3n) is 2.12. The average molecular weight is 275 g/mol. The molecule has 1 amide bonds. The van der Waals surface area contributed by atoms with E-state index in [1.165, 1.54) is 18.2 Å². The fourth-order valence-electron chi connectivity index (χ4n) is 1.35. The van der Waals surface area contributed by atoms with E-state index in [0.717, 1.165) is 0 Å². The Hall–Kier alpha value is -1.73. The molecule has 106 valence electrons. The molecule has 1 aromatic carbocycles. The summed E-state index contributed by atoms with van der Waals surface area (Å²) in [5.41, 5.74) is 0.0324. The molecule has 0 fully saturated rings. The van der Waals surface area contributed by atoms with Crippen molar-refractivity contribution >= 4 is 5.91 Å². The predicted octanol–water partition coefficient (Wildman–Crippen LogP) is 1.03. The largest absolute Gasteiger partial charge is 0.434 e. The van der Waals surface area contributed by atoms with E-state index in [1.54, 1.807) is 6.07 Å². The van der Waals surface area contributed by atoms with Crippen molar-refractivity contribution in [2.45, 2.75) is 6.61 Å². The molecule has 2 N–H and O–H groups in total. The van der Waals surface area contributed by atoms with E-state index in [0.29, 0.717) is 0 Å². The van der Waals surface area contributed by atoms with Crippen molar-refractivity contribution in [1.82, 2.24) is 5.32 Å². The number of hydrogen-bond donors (Lipinski definition) is 2. The number of rotatable bonds is 8. The maximum Gasteiger partial charge on any atom is 0.387 e. The molecule has 0 aliphatic heterocycles. The summed E-state index contributed by atoms with van der Waals surface area (Å²) in [7, 11) is 0. The molecule has 0 heterocycles. The normalized spacial score (nSPS) is 10.5. The highest BCUT2D eigenvalue weighted by atomic mass is 19.3. The van der Waals surface area contributed by atoms with Crippen LogP contribution in [0.15, 0.2) is 24.3 Å². The first-order chi connectivity index (χ1) is 9.15. The Morgan fingerprint density at radius 1 is 1.32 bits per heavy atom. The van der Waals surface area contributed by atoms with Gasteiger partial charge in [0.1, 0.15) is 5.75 Å². The third kappa shape index (κ3) is 5.62. The number of carbonyl (C=O) groups is 1. The molecule has 0 radical (unpaired) electrons. The summed E-state index contributed by atoms with van der Waals surface area (Å²) in [5, 5.41) is 11.0. The molecule has 0 aliphatic carbocycles. The molecule has 1 rings (SSSR count). The standard InChI is InChI=1S/C12H15F2NO4/c13-12(14)19-10-4-2-1-3-9(10)11(17)15-5-7-18-8-6-16/h1-4,12,16H,5-8H2,(H,15,17). The maximum absolute atomic E-state index is 12.2. The van der Waals surface area contributed by atoms with Crippen molar-refractivity contribution in [2.75, 3.05) is 26.4 Å². The molecule has 0 bridgehead atoms. The number of nitrogens with one attached hydrogen (secondary N) is 1. The number of aliphatic hydroxyl groups excluding tert-OH is 1. The van der Waals surface area contributed by atoms with E-state index in [-0.39, 0.29) is 37.7 Å². The van der Waals surface area contributed by atoms with Gasteiger partial charge in [-0.25, -0.2) is 0 Å². The van der Waals surface area contributed by atoms with Crippen LogP contribution < -0.4 is 10.1 Å². The van der Waals surface area contributed by atoms with E-state index >= 15 is 0 Å². The number of halogens is 2. The van der Waals surface area contributed by atoms with Gasteiger partial charge in [-0.15, -0.1) is 0 Å². The Bertz CT molecular complexity index is 401. The summed E-state index contributed by atoms with van der Waals surface area (Å²) < 4.78 is 33.5. The zero-order chi connectivity index (χ0) is 14.1. The number of alkyl halides is 2. The Morgan fingerprint density at radius 3 is 2.74 bits per heavy atom. The Morgan fingerprint density at radius 2 is 2.05 bits per heavy atom. The van der Waals surface area contributed by atoms with Crippen molar-refractivity contribution < 1.29 is 28.2 Å². The maximum atomic E-state index is 12.2. The van der Waals surface area contributed by atoms with Crippen LogP contribution in [0.4, 0.5) is 8.78 Å². The second-order valence-electron chi connectivity index (χ2n) is 3.47. The average Bonchev–Trinajstić information content (AvgIpc) is 2.38. The third-order valence-corrected chi connectivity index (χ3v) is 2.12. The lowest BCUT2D eigenvalue weighted by Gasteiger charge is -2.10. The fraction of sp³-hybridized carbons (Fsp3) is 0.417. The van der Waals surface area contributed by atoms with Crippen LogP contribution in [0.3, 0.4) is 0 Å². The highest BCUT2D eigenvalue weighted by molar-refractivity contribution is 5.96. The monoisotopic (exact) mass is 275 g/mol. The number of para-hydroxylation sites is 1. The van der Waals surface area contributed by atoms with Crippen molar-refractivity contribution in [2.24, 2.45) is 0 Å². The lowest BCUT2D eigenvalue weighted by atomic mass is 10.2. The quantitative estimate of drug-likeness (QED) is 0.695. The van der Waals surface area contributed by atoms with Gasteiger partial charge in [0.2, 0.25) is 0 Å². The summed E-state index contributed by atoms with van der Waals surface area (Å²) in [6.07, 6.45) is 0. The smallest absolute Gasteiger partial charge is 0.387 e. The summed E-state index contributed by atoms with van der Waals surface area (Å²) in [6, 6.07) is 5.74. The predicted molar refractivity (Wildman–Crippen MR) is 63.3 cm³/mol. The Balaban J connectivity index is 2.51. The van der Waals surface area contributed by atoms with Gasteiger partial charge in [-0.3, -0.25) is 4.79 Å². The van der Waals surface area contributed by atoms with E-state index in [2.05, 4.69) is 10.1 Å². The van der Waals surface area contributed by atoms with Crippen LogP contribution in [-0.2, 0) is 4.74 Å². The van der Waals surface area contributed by atoms with Crippen molar-refractivity contribution in [3.63, 3.8) is 0 Å². The summed E-state index contributed by atoms with van der Waals surface area (Å²) in [6.45, 7) is -2.46. The fourth-order valence-corrected chi connectivity index (χ4v) is 1.35. The van der Waals surface area contributed by atoms with Crippen LogP contribution in [0.1, 0.15) is 10.4 Å². The molecule has 1 aromatic rings. The number of aliphatic hydroxyl groups is 1. The number of benzene rings is 1. The molecular formula is C12H15F2NO4. The molecule has 0 saturated heterocycles. The first kappa shape index (κ1) is 15.3. The van der Waals surface area contributed by atoms with Gasteiger partial charge < -0.3 is 19.9 Å². The Labute approximate surface area is 109 Å². The van der Waals surface area contributed by atoms with E-state index < -0.39 is 12.5 Å². The highest BCUT2D eigenvalue weighted by Gasteiger charge is 2.14. The topological polar surface area (TPSA) is 67.8 Å². The number of hydrogen-bond acceptors (Lipinski definition) is 4. The van der Waals surface area contributed by atoms with Crippen LogP contribution in [0.2, 0.25) is 0 Å². The van der Waals surface area contributed by atoms with Gasteiger partial charge in [-0.2, -0.15) is 8.78 Å². The van der Waals surface area contributed by atoms with Gasteiger partial charge in [0.25, 0.3) is 5.91 Å². The second-order valence-corrected chi connectivity index (χ2v) is 3.47. The summed E-state index contributed by atoms with van der Waals surface area (Å²) in [4.78, 5) is 11.7. The van der Waals surface area contributed by atoms with Crippen LogP contribution >= 0.6 is 0 Å². The van der Waals surface area contributed by atoms with Crippen LogP contribution in [0.5, 0.6) is 5.75 Å². The Kier molecular flexibility index (Phi) is 6.76. The van der Waals surface area contributed by atoms with Crippen molar-refractivity contribution in [1.29, 1.82) is 0 Å². The van der Waals surface area contributed by atoms with Crippen LogP contribution in [0.25, 0.3) is 0 Å². The second kappa shape index (κ2) is 8.39. The van der Waals surface area contributed by atoms with E-state index in [1.807, 2.05) is 0 Å². The first-order valence-corrected chi connectivity index (χ1v) is 5.65. The minimum absolute atomic E-state index is 0.0324. The molecule has 0 spiro atoms. The number of ether oxygens (including phenoxy) is 2. The molecule has 0 saturated carbocycles. The number of amides is 1. The molecule has 19 heavy (non-hydrogen) atoms. The lowest BCUT2D eigenvalue weighted by molar-refractivity contribution is -0.0501. The molecule has 0 aromatic heterocycles. The van der Waals surface area contributed by atoms with Crippen LogP contribution in [0, 0.1) is 0 Å². The summed E-state index contributed by atoms with van der Waals surface area (Å²) >= 11 is 0. The molecule has 0 atom stereocenters. The zero-order valence-electron chi connectivity index (χ0n) is 10.1. The van der Waals surface area contributed by atoms with Gasteiger partial charge >= 0.3 is 6.61 Å². The van der Waals surface area contributed by atoms with Gasteiger partial charge in [0.05, 0.1) is 25.4 Å². The zero-order valence-corrected chi connectivity index (χ0v) is 10.1. The SMILES string of the molecule is O=C(NCCOCCO)c1ccccc1OC(F)F. The first-order valence-electron chi connectivity index (χ1n) is 5.65. The van der Waals surface area contributed by atoms with E-state index in [9.17, 15) is 13.6 Å². The summed E-state index contributed by atoms with van der Waals surface area (Å²) in [5.74, 6) is -0.699. The molecular weight excluding hydrogens is 260 g/mol. The molecule has 5 nitrogen and oxygen atoms in total. The molecule has 0 aliphatic rings. The van der Waals surface area contributed by atoms with Crippen LogP contribution in [-0.4, -0.2) is 44.0 Å². The van der Waals surface area contributed by atoms with Gasteiger partial charge in [-0.05, 0) is 12.1 Å². The van der Waals surface area contributed by atoms with Crippen molar-refractivity contribution in [3.8, 4) is 5.75 Å². The number of carbonyl (C=O) groups excluding carboxylic acids is 1. The lowest BCUT2D eigenvalue weighted by Crippen LogP contribution is -2.28. The van der Waals surface area contributed by atoms with Gasteiger partial charge in [0.15, 0.2) is 0 Å². The minimum Gasteiger partial charge on any atom is -0.434 e. The van der Waals surface area contributed by atoms with E-state index in [4.69, 9.17) is 9.84 Å². The molecule has 7 heteroatoms. The highest BCUT2D eigenvalue weighted by Crippen LogP contribution is 2.19. The molecule has 0 unspecified atom stereocenters. The van der Waals surface area contributed by atoms with Gasteiger partial charge in [0, 0.05) is 6.54 Å².